The molecule has 0 saturated heterocycles. The van der Waals surface area contributed by atoms with Crippen molar-refractivity contribution in [3.05, 3.63) is 59.4 Å². The zero-order chi connectivity index (χ0) is 23.4. The summed E-state index contributed by atoms with van der Waals surface area (Å²) in [6.45, 7) is 2.27. The molecule has 0 aromatic heterocycles. The number of benzene rings is 2. The summed E-state index contributed by atoms with van der Waals surface area (Å²) in [7, 11) is 0. The minimum Gasteiger partial charge on any atom is -0.206 e. The number of rotatable bonds is 7. The van der Waals surface area contributed by atoms with Gasteiger partial charge in [0.15, 0.2) is 0 Å². The summed E-state index contributed by atoms with van der Waals surface area (Å²) < 4.78 is 52.4. The van der Waals surface area contributed by atoms with Crippen molar-refractivity contribution in [3.63, 3.8) is 0 Å². The predicted octanol–water partition coefficient (Wildman–Crippen LogP) is 9.78. The molecule has 180 valence electrons. The molecule has 0 spiro atoms. The van der Waals surface area contributed by atoms with Gasteiger partial charge >= 0.3 is 6.18 Å². The first kappa shape index (κ1) is 24.3. The molecule has 0 bridgehead atoms. The molecule has 33 heavy (non-hydrogen) atoms. The van der Waals surface area contributed by atoms with E-state index in [-0.39, 0.29) is 0 Å². The SMILES string of the molecule is CCCCCCC1CCC2CC(c3ccc(-c4ccc(C(F)(F)F)c(F)c4)cc3)CCC2C1. The second kappa shape index (κ2) is 10.6. The third-order valence-electron chi connectivity index (χ3n) is 8.18. The summed E-state index contributed by atoms with van der Waals surface area (Å²) in [4.78, 5) is 0. The largest absolute Gasteiger partial charge is 0.419 e. The van der Waals surface area contributed by atoms with Crippen molar-refractivity contribution in [2.24, 2.45) is 17.8 Å². The van der Waals surface area contributed by atoms with Crippen LogP contribution in [0, 0.1) is 23.6 Å². The maximum absolute atomic E-state index is 14.0. The van der Waals surface area contributed by atoms with Gasteiger partial charge in [-0.15, -0.1) is 0 Å². The Bertz CT molecular complexity index is 899. The van der Waals surface area contributed by atoms with Crippen LogP contribution in [0.25, 0.3) is 11.1 Å². The van der Waals surface area contributed by atoms with E-state index in [0.29, 0.717) is 11.5 Å². The molecule has 0 N–H and O–H groups in total. The number of halogens is 4. The fourth-order valence-corrected chi connectivity index (χ4v) is 6.28. The van der Waals surface area contributed by atoms with E-state index in [9.17, 15) is 17.6 Å². The third kappa shape index (κ3) is 6.00. The first-order chi connectivity index (χ1) is 15.8. The molecule has 4 atom stereocenters. The molecule has 4 heteroatoms. The van der Waals surface area contributed by atoms with E-state index in [1.165, 1.54) is 82.3 Å². The molecule has 2 fully saturated rings. The molecule has 0 aliphatic heterocycles. The van der Waals surface area contributed by atoms with Crippen LogP contribution in [0.5, 0.6) is 0 Å². The van der Waals surface area contributed by atoms with Crippen molar-refractivity contribution in [1.82, 2.24) is 0 Å². The van der Waals surface area contributed by atoms with E-state index >= 15 is 0 Å². The van der Waals surface area contributed by atoms with Gasteiger partial charge in [0.25, 0.3) is 0 Å². The topological polar surface area (TPSA) is 0 Å². The number of unbranched alkanes of at least 4 members (excludes halogenated alkanes) is 3. The Hall–Kier alpha value is -1.84. The van der Waals surface area contributed by atoms with E-state index in [1.54, 1.807) is 0 Å². The molecule has 0 amide bonds. The van der Waals surface area contributed by atoms with Gasteiger partial charge in [-0.1, -0.05) is 75.8 Å². The van der Waals surface area contributed by atoms with Gasteiger partial charge < -0.3 is 0 Å². The van der Waals surface area contributed by atoms with Crippen LogP contribution < -0.4 is 0 Å². The fraction of sp³-hybridized carbons (Fsp3) is 0.586. The average molecular weight is 461 g/mol. The van der Waals surface area contributed by atoms with Crippen LogP contribution in [0.2, 0.25) is 0 Å². The maximum Gasteiger partial charge on any atom is 0.419 e. The van der Waals surface area contributed by atoms with Crippen molar-refractivity contribution >= 4 is 0 Å². The highest BCUT2D eigenvalue weighted by Crippen LogP contribution is 2.48. The highest BCUT2D eigenvalue weighted by Gasteiger charge is 2.36. The molecule has 2 aromatic rings. The van der Waals surface area contributed by atoms with Gasteiger partial charge in [-0.2, -0.15) is 13.2 Å². The second-order valence-electron chi connectivity index (χ2n) is 10.4. The smallest absolute Gasteiger partial charge is 0.206 e. The molecule has 2 saturated carbocycles. The summed E-state index contributed by atoms with van der Waals surface area (Å²) in [6, 6.07) is 11.2. The van der Waals surface area contributed by atoms with Gasteiger partial charge in [0.1, 0.15) is 5.82 Å². The van der Waals surface area contributed by atoms with Crippen LogP contribution >= 0.6 is 0 Å². The lowest BCUT2D eigenvalue weighted by Crippen LogP contribution is -2.30. The van der Waals surface area contributed by atoms with Crippen molar-refractivity contribution in [2.45, 2.75) is 89.6 Å². The Morgan fingerprint density at radius 1 is 0.788 bits per heavy atom. The summed E-state index contributed by atoms with van der Waals surface area (Å²) in [6.07, 6.45) is 10.2. The monoisotopic (exact) mass is 460 g/mol. The van der Waals surface area contributed by atoms with Gasteiger partial charge in [-0.05, 0) is 84.6 Å². The molecule has 4 unspecified atom stereocenters. The maximum atomic E-state index is 14.0. The summed E-state index contributed by atoms with van der Waals surface area (Å²) in [5, 5.41) is 0. The van der Waals surface area contributed by atoms with Crippen molar-refractivity contribution in [1.29, 1.82) is 0 Å². The van der Waals surface area contributed by atoms with E-state index in [2.05, 4.69) is 19.1 Å². The predicted molar refractivity (Wildman–Crippen MR) is 127 cm³/mol. The molecule has 0 radical (unpaired) electrons. The lowest BCUT2D eigenvalue weighted by atomic mass is 9.63. The first-order valence-electron chi connectivity index (χ1n) is 12.8. The fourth-order valence-electron chi connectivity index (χ4n) is 6.28. The first-order valence-corrected chi connectivity index (χ1v) is 12.8. The van der Waals surface area contributed by atoms with Crippen LogP contribution in [0.15, 0.2) is 42.5 Å². The Morgan fingerprint density at radius 3 is 2.18 bits per heavy atom. The molecule has 2 aliphatic carbocycles. The lowest BCUT2D eigenvalue weighted by molar-refractivity contribution is -0.139. The van der Waals surface area contributed by atoms with Gasteiger partial charge in [-0.25, -0.2) is 4.39 Å². The van der Waals surface area contributed by atoms with Crippen LogP contribution in [0.1, 0.15) is 94.6 Å². The van der Waals surface area contributed by atoms with Crippen LogP contribution in [-0.2, 0) is 6.18 Å². The molecule has 2 aromatic carbocycles. The Labute approximate surface area is 195 Å². The number of alkyl halides is 3. The summed E-state index contributed by atoms with van der Waals surface area (Å²) in [5.74, 6) is 2.00. The van der Waals surface area contributed by atoms with Gasteiger partial charge in [-0.3, -0.25) is 0 Å². The second-order valence-corrected chi connectivity index (χ2v) is 10.4. The molecule has 0 nitrogen and oxygen atoms in total. The zero-order valence-electron chi connectivity index (χ0n) is 19.6. The van der Waals surface area contributed by atoms with Crippen molar-refractivity contribution in [2.75, 3.05) is 0 Å². The highest BCUT2D eigenvalue weighted by molar-refractivity contribution is 5.64. The summed E-state index contributed by atoms with van der Waals surface area (Å²) in [5.41, 5.74) is 1.33. The van der Waals surface area contributed by atoms with Crippen LogP contribution in [-0.4, -0.2) is 0 Å². The third-order valence-corrected chi connectivity index (χ3v) is 8.18. The van der Waals surface area contributed by atoms with Crippen molar-refractivity contribution in [3.8, 4) is 11.1 Å². The quantitative estimate of drug-likeness (QED) is 0.285. The lowest BCUT2D eigenvalue weighted by Gasteiger charge is -2.42. The van der Waals surface area contributed by atoms with Crippen LogP contribution in [0.4, 0.5) is 17.6 Å². The Morgan fingerprint density at radius 2 is 1.48 bits per heavy atom. The summed E-state index contributed by atoms with van der Waals surface area (Å²) >= 11 is 0. The Kier molecular flexibility index (Phi) is 7.81. The molecular formula is C29H36F4. The Balaban J connectivity index is 1.34. The highest BCUT2D eigenvalue weighted by atomic mass is 19.4. The average Bonchev–Trinajstić information content (AvgIpc) is 2.81. The zero-order valence-corrected chi connectivity index (χ0v) is 19.6. The number of fused-ring (bicyclic) bond motifs is 1. The molecule has 0 heterocycles. The standard InChI is InChI=1S/C29H36F4/c1-2-3-4-5-6-20-7-8-25-18-24(14-13-23(25)17-20)21-9-11-22(12-10-21)26-15-16-27(28(30)19-26)29(31,32)33/h9-12,15-16,19-20,23-25H,2-8,13-14,17-18H2,1H3. The minimum absolute atomic E-state index is 0.480. The van der Waals surface area contributed by atoms with Crippen molar-refractivity contribution < 1.29 is 17.6 Å². The number of hydrogen-bond donors (Lipinski definition) is 0. The molecular weight excluding hydrogens is 424 g/mol. The van der Waals surface area contributed by atoms with E-state index in [4.69, 9.17) is 0 Å². The van der Waals surface area contributed by atoms with Gasteiger partial charge in [0.2, 0.25) is 0 Å². The van der Waals surface area contributed by atoms with E-state index in [1.807, 2.05) is 12.1 Å². The number of hydrogen-bond acceptors (Lipinski definition) is 0. The van der Waals surface area contributed by atoms with Crippen LogP contribution in [0.3, 0.4) is 0 Å². The van der Waals surface area contributed by atoms with E-state index in [0.717, 1.165) is 35.4 Å². The molecule has 2 aliphatic rings. The van der Waals surface area contributed by atoms with Gasteiger partial charge in [0, 0.05) is 0 Å². The minimum atomic E-state index is -4.67. The normalized spacial score (nSPS) is 25.6. The van der Waals surface area contributed by atoms with Gasteiger partial charge in [0.05, 0.1) is 5.56 Å². The van der Waals surface area contributed by atoms with E-state index < -0.39 is 17.6 Å². The molecule has 4 rings (SSSR count).